The second kappa shape index (κ2) is 8.67. The van der Waals surface area contributed by atoms with Crippen molar-refractivity contribution in [1.29, 1.82) is 0 Å². The zero-order valence-electron chi connectivity index (χ0n) is 14.8. The van der Waals surface area contributed by atoms with Gasteiger partial charge in [-0.2, -0.15) is 0 Å². The van der Waals surface area contributed by atoms with Gasteiger partial charge in [0.2, 0.25) is 11.8 Å². The molecule has 3 rings (SSSR count). The highest BCUT2D eigenvalue weighted by atomic mass is 32.2. The molecule has 0 fully saturated rings. The molecule has 0 saturated heterocycles. The van der Waals surface area contributed by atoms with Gasteiger partial charge in [-0.25, -0.2) is 0 Å². The Balaban J connectivity index is 1.47. The van der Waals surface area contributed by atoms with Crippen LogP contribution in [0.4, 0.5) is 0 Å². The maximum absolute atomic E-state index is 12.0. The van der Waals surface area contributed by atoms with E-state index in [0.717, 1.165) is 5.56 Å². The Labute approximate surface area is 157 Å². The fraction of sp³-hybridized carbons (Fsp3) is 0.250. The maximum Gasteiger partial charge on any atom is 0.277 e. The van der Waals surface area contributed by atoms with Gasteiger partial charge in [0.15, 0.2) is 0 Å². The number of amides is 1. The summed E-state index contributed by atoms with van der Waals surface area (Å²) in [7, 11) is 0. The molecule has 1 amide bonds. The molecule has 1 N–H and O–H groups in total. The van der Waals surface area contributed by atoms with Crippen LogP contribution in [-0.2, 0) is 4.79 Å². The van der Waals surface area contributed by atoms with Gasteiger partial charge in [0.1, 0.15) is 0 Å². The van der Waals surface area contributed by atoms with Crippen molar-refractivity contribution in [2.45, 2.75) is 25.0 Å². The van der Waals surface area contributed by atoms with Crippen molar-refractivity contribution >= 4 is 17.7 Å². The number of hydrogen-bond donors (Lipinski definition) is 1. The standard InChI is InChI=1S/C20H21N3O2S/c1-14-8-10-17(11-9-14)19-22-23-20(25-19)26-13-18(24)21-12-15(2)16-6-4-3-5-7-16/h3-11,15H,12-13H2,1-2H3,(H,21,24)/t15-/m0/s1. The molecule has 5 nitrogen and oxygen atoms in total. The predicted octanol–water partition coefficient (Wildman–Crippen LogP) is 4.06. The van der Waals surface area contributed by atoms with Crippen LogP contribution in [0.5, 0.6) is 0 Å². The first-order valence-corrected chi connectivity index (χ1v) is 9.45. The number of aromatic nitrogens is 2. The van der Waals surface area contributed by atoms with Gasteiger partial charge >= 0.3 is 0 Å². The van der Waals surface area contributed by atoms with E-state index in [2.05, 4.69) is 34.6 Å². The predicted molar refractivity (Wildman–Crippen MR) is 103 cm³/mol. The SMILES string of the molecule is Cc1ccc(-c2nnc(SCC(=O)NC[C@H](C)c3ccccc3)o2)cc1. The highest BCUT2D eigenvalue weighted by Gasteiger charge is 2.12. The van der Waals surface area contributed by atoms with E-state index >= 15 is 0 Å². The van der Waals surface area contributed by atoms with Gasteiger partial charge in [0.05, 0.1) is 5.75 Å². The van der Waals surface area contributed by atoms with Crippen LogP contribution >= 0.6 is 11.8 Å². The number of rotatable bonds is 7. The topological polar surface area (TPSA) is 68.0 Å². The summed E-state index contributed by atoms with van der Waals surface area (Å²) in [5.41, 5.74) is 3.25. The molecule has 0 unspecified atom stereocenters. The second-order valence-corrected chi connectivity index (χ2v) is 7.07. The van der Waals surface area contributed by atoms with Gasteiger partial charge in [0, 0.05) is 12.1 Å². The van der Waals surface area contributed by atoms with Gasteiger partial charge in [-0.05, 0) is 30.5 Å². The first kappa shape index (κ1) is 18.2. The van der Waals surface area contributed by atoms with Crippen molar-refractivity contribution in [3.63, 3.8) is 0 Å². The van der Waals surface area contributed by atoms with Crippen molar-refractivity contribution in [2.24, 2.45) is 0 Å². The van der Waals surface area contributed by atoms with Crippen LogP contribution in [0.1, 0.15) is 24.0 Å². The summed E-state index contributed by atoms with van der Waals surface area (Å²) in [6.45, 7) is 4.71. The molecule has 0 saturated carbocycles. The quantitative estimate of drug-likeness (QED) is 0.638. The summed E-state index contributed by atoms with van der Waals surface area (Å²) in [6.07, 6.45) is 0. The normalized spacial score (nSPS) is 11.9. The molecule has 0 aliphatic heterocycles. The van der Waals surface area contributed by atoms with E-state index in [1.807, 2.05) is 49.4 Å². The number of carbonyl (C=O) groups is 1. The van der Waals surface area contributed by atoms with Crippen LogP contribution in [0, 0.1) is 6.92 Å². The zero-order valence-corrected chi connectivity index (χ0v) is 15.6. The first-order chi connectivity index (χ1) is 12.6. The third kappa shape index (κ3) is 4.95. The Morgan fingerprint density at radius 2 is 1.85 bits per heavy atom. The van der Waals surface area contributed by atoms with E-state index in [0.29, 0.717) is 17.7 Å². The van der Waals surface area contributed by atoms with Crippen molar-refractivity contribution in [1.82, 2.24) is 15.5 Å². The number of carbonyl (C=O) groups excluding carboxylic acids is 1. The molecule has 1 aromatic heterocycles. The molecule has 6 heteroatoms. The summed E-state index contributed by atoms with van der Waals surface area (Å²) in [5.74, 6) is 0.928. The van der Waals surface area contributed by atoms with E-state index in [1.165, 1.54) is 22.9 Å². The van der Waals surface area contributed by atoms with Crippen LogP contribution in [0.3, 0.4) is 0 Å². The third-order valence-electron chi connectivity index (χ3n) is 4.01. The first-order valence-electron chi connectivity index (χ1n) is 8.47. The van der Waals surface area contributed by atoms with E-state index in [4.69, 9.17) is 4.42 Å². The minimum atomic E-state index is -0.0483. The molecule has 26 heavy (non-hydrogen) atoms. The number of nitrogens with zero attached hydrogens (tertiary/aromatic N) is 2. The maximum atomic E-state index is 12.0. The van der Waals surface area contributed by atoms with Crippen molar-refractivity contribution < 1.29 is 9.21 Å². The molecule has 3 aromatic rings. The summed E-state index contributed by atoms with van der Waals surface area (Å²) in [5, 5.41) is 11.4. The molecule has 0 bridgehead atoms. The lowest BCUT2D eigenvalue weighted by Gasteiger charge is -2.12. The number of aryl methyl sites for hydroxylation is 1. The van der Waals surface area contributed by atoms with E-state index in [1.54, 1.807) is 0 Å². The highest BCUT2D eigenvalue weighted by Crippen LogP contribution is 2.23. The van der Waals surface area contributed by atoms with Gasteiger partial charge in [-0.15, -0.1) is 10.2 Å². The van der Waals surface area contributed by atoms with E-state index in [-0.39, 0.29) is 17.6 Å². The van der Waals surface area contributed by atoms with Crippen molar-refractivity contribution in [3.05, 3.63) is 65.7 Å². The third-order valence-corrected chi connectivity index (χ3v) is 4.82. The van der Waals surface area contributed by atoms with Crippen molar-refractivity contribution in [3.8, 4) is 11.5 Å². The average molecular weight is 367 g/mol. The fourth-order valence-corrected chi connectivity index (χ4v) is 3.02. The van der Waals surface area contributed by atoms with Gasteiger partial charge in [0.25, 0.3) is 5.22 Å². The molecule has 1 atom stereocenters. The zero-order chi connectivity index (χ0) is 18.4. The number of thioether (sulfide) groups is 1. The molecule has 0 aliphatic rings. The van der Waals surface area contributed by atoms with Crippen LogP contribution in [-0.4, -0.2) is 28.4 Å². The lowest BCUT2D eigenvalue weighted by atomic mass is 10.0. The molecule has 1 heterocycles. The number of hydrogen-bond acceptors (Lipinski definition) is 5. The molecule has 0 radical (unpaired) electrons. The van der Waals surface area contributed by atoms with E-state index < -0.39 is 0 Å². The Hall–Kier alpha value is -2.60. The average Bonchev–Trinajstić information content (AvgIpc) is 3.14. The summed E-state index contributed by atoms with van der Waals surface area (Å²) in [4.78, 5) is 12.0. The summed E-state index contributed by atoms with van der Waals surface area (Å²) in [6, 6.07) is 18.0. The Kier molecular flexibility index (Phi) is 6.07. The van der Waals surface area contributed by atoms with Crippen LogP contribution in [0.2, 0.25) is 0 Å². The smallest absolute Gasteiger partial charge is 0.277 e. The largest absolute Gasteiger partial charge is 0.411 e. The summed E-state index contributed by atoms with van der Waals surface area (Å²) >= 11 is 1.24. The van der Waals surface area contributed by atoms with E-state index in [9.17, 15) is 4.79 Å². The molecule has 2 aromatic carbocycles. The molecular weight excluding hydrogens is 346 g/mol. The second-order valence-electron chi connectivity index (χ2n) is 6.14. The Bertz CT molecular complexity index is 847. The number of nitrogens with one attached hydrogen (secondary N) is 1. The van der Waals surface area contributed by atoms with Crippen molar-refractivity contribution in [2.75, 3.05) is 12.3 Å². The number of benzene rings is 2. The monoisotopic (exact) mass is 367 g/mol. The lowest BCUT2D eigenvalue weighted by Crippen LogP contribution is -2.28. The van der Waals surface area contributed by atoms with Gasteiger partial charge < -0.3 is 9.73 Å². The highest BCUT2D eigenvalue weighted by molar-refractivity contribution is 7.99. The Morgan fingerprint density at radius 3 is 2.58 bits per heavy atom. The van der Waals surface area contributed by atoms with Gasteiger partial charge in [-0.3, -0.25) is 4.79 Å². The van der Waals surface area contributed by atoms with Gasteiger partial charge in [-0.1, -0.05) is 66.7 Å². The van der Waals surface area contributed by atoms with Crippen LogP contribution in [0.15, 0.2) is 64.2 Å². The minimum Gasteiger partial charge on any atom is -0.411 e. The fourth-order valence-electron chi connectivity index (χ4n) is 2.43. The minimum absolute atomic E-state index is 0.0483. The molecule has 0 spiro atoms. The van der Waals surface area contributed by atoms with Crippen LogP contribution < -0.4 is 5.32 Å². The molecule has 134 valence electrons. The molecule has 0 aliphatic carbocycles. The lowest BCUT2D eigenvalue weighted by molar-refractivity contribution is -0.118. The molecular formula is C20H21N3O2S. The summed E-state index contributed by atoms with van der Waals surface area (Å²) < 4.78 is 5.62. The van der Waals surface area contributed by atoms with Crippen LogP contribution in [0.25, 0.3) is 11.5 Å². The Morgan fingerprint density at radius 1 is 1.12 bits per heavy atom.